The van der Waals surface area contributed by atoms with Crippen molar-refractivity contribution in [3.8, 4) is 0 Å². The molecule has 4 rings (SSSR count). The van der Waals surface area contributed by atoms with E-state index in [9.17, 15) is 4.79 Å². The standard InChI is InChI=1S/C19H28N6O/c1-2-24-8-7-20-18(24)14-23-9-10-25-17(13-23)11-16(22-25)12-21-19(26)15-5-3-4-6-15/h7-8,11,15H,2-6,9-10,12-14H2,1H3,(H,21,26). The van der Waals surface area contributed by atoms with Gasteiger partial charge in [0.05, 0.1) is 31.0 Å². The fourth-order valence-corrected chi connectivity index (χ4v) is 4.09. The molecule has 0 radical (unpaired) electrons. The van der Waals surface area contributed by atoms with Crippen molar-refractivity contribution in [1.82, 2.24) is 29.5 Å². The Morgan fingerprint density at radius 1 is 1.31 bits per heavy atom. The van der Waals surface area contributed by atoms with Crippen LogP contribution in [-0.4, -0.2) is 36.7 Å². The number of imidazole rings is 1. The Kier molecular flexibility index (Phi) is 5.06. The highest BCUT2D eigenvalue weighted by Gasteiger charge is 2.23. The summed E-state index contributed by atoms with van der Waals surface area (Å²) in [4.78, 5) is 19.1. The maximum atomic E-state index is 12.2. The van der Waals surface area contributed by atoms with Crippen LogP contribution in [-0.2, 0) is 37.5 Å². The van der Waals surface area contributed by atoms with E-state index in [1.165, 1.54) is 18.5 Å². The summed E-state index contributed by atoms with van der Waals surface area (Å²) >= 11 is 0. The van der Waals surface area contributed by atoms with Crippen molar-refractivity contribution in [2.24, 2.45) is 5.92 Å². The fourth-order valence-electron chi connectivity index (χ4n) is 4.09. The molecule has 0 atom stereocenters. The summed E-state index contributed by atoms with van der Waals surface area (Å²) in [7, 11) is 0. The highest BCUT2D eigenvalue weighted by atomic mass is 16.1. The number of rotatable bonds is 6. The first-order valence-electron chi connectivity index (χ1n) is 9.78. The van der Waals surface area contributed by atoms with Crippen LogP contribution in [0.1, 0.15) is 49.8 Å². The van der Waals surface area contributed by atoms with E-state index in [1.807, 2.05) is 12.4 Å². The minimum Gasteiger partial charge on any atom is -0.350 e. The lowest BCUT2D eigenvalue weighted by Gasteiger charge is -2.27. The molecule has 1 N–H and O–H groups in total. The Morgan fingerprint density at radius 3 is 2.96 bits per heavy atom. The number of hydrogen-bond donors (Lipinski definition) is 1. The second-order valence-electron chi connectivity index (χ2n) is 7.39. The van der Waals surface area contributed by atoms with Crippen LogP contribution in [0.2, 0.25) is 0 Å². The SMILES string of the molecule is CCn1ccnc1CN1CCn2nc(CNC(=O)C3CCCC3)cc2C1. The molecule has 7 nitrogen and oxygen atoms in total. The Hall–Kier alpha value is -2.15. The van der Waals surface area contributed by atoms with Gasteiger partial charge in [-0.2, -0.15) is 5.10 Å². The molecule has 2 aromatic rings. The lowest BCUT2D eigenvalue weighted by molar-refractivity contribution is -0.124. The first kappa shape index (κ1) is 17.3. The van der Waals surface area contributed by atoms with Crippen LogP contribution in [0.4, 0.5) is 0 Å². The number of nitrogens with one attached hydrogen (secondary N) is 1. The van der Waals surface area contributed by atoms with E-state index >= 15 is 0 Å². The Labute approximate surface area is 154 Å². The molecule has 1 fully saturated rings. The number of aryl methyl sites for hydroxylation is 1. The lowest BCUT2D eigenvalue weighted by atomic mass is 10.1. The third-order valence-electron chi connectivity index (χ3n) is 5.60. The normalized spacial score (nSPS) is 18.2. The average Bonchev–Trinajstić information content (AvgIpc) is 3.39. The smallest absolute Gasteiger partial charge is 0.223 e. The van der Waals surface area contributed by atoms with Crippen molar-refractivity contribution < 1.29 is 4.79 Å². The molecule has 1 saturated carbocycles. The molecule has 1 aliphatic carbocycles. The number of amides is 1. The maximum absolute atomic E-state index is 12.2. The Balaban J connectivity index is 1.34. The first-order valence-corrected chi connectivity index (χ1v) is 9.78. The van der Waals surface area contributed by atoms with Crippen LogP contribution in [0.15, 0.2) is 18.5 Å². The second-order valence-corrected chi connectivity index (χ2v) is 7.39. The largest absolute Gasteiger partial charge is 0.350 e. The molecule has 2 aliphatic rings. The quantitative estimate of drug-likeness (QED) is 0.859. The molecule has 0 bridgehead atoms. The molecule has 0 aromatic carbocycles. The van der Waals surface area contributed by atoms with Gasteiger partial charge in [-0.15, -0.1) is 0 Å². The van der Waals surface area contributed by atoms with Gasteiger partial charge in [0.1, 0.15) is 5.82 Å². The van der Waals surface area contributed by atoms with Crippen molar-refractivity contribution in [3.63, 3.8) is 0 Å². The molecule has 0 unspecified atom stereocenters. The van der Waals surface area contributed by atoms with Gasteiger partial charge in [0, 0.05) is 37.9 Å². The monoisotopic (exact) mass is 356 g/mol. The third kappa shape index (κ3) is 3.67. The van der Waals surface area contributed by atoms with Crippen LogP contribution in [0.5, 0.6) is 0 Å². The van der Waals surface area contributed by atoms with Gasteiger partial charge in [-0.25, -0.2) is 4.98 Å². The molecular weight excluding hydrogens is 328 g/mol. The zero-order chi connectivity index (χ0) is 17.9. The zero-order valence-corrected chi connectivity index (χ0v) is 15.5. The summed E-state index contributed by atoms with van der Waals surface area (Å²) in [6.45, 7) is 7.22. The molecule has 0 spiro atoms. The summed E-state index contributed by atoms with van der Waals surface area (Å²) in [5.74, 6) is 1.52. The number of nitrogens with zero attached hydrogens (tertiary/aromatic N) is 5. The van der Waals surface area contributed by atoms with Gasteiger partial charge in [-0.05, 0) is 25.8 Å². The van der Waals surface area contributed by atoms with Crippen molar-refractivity contribution in [2.75, 3.05) is 6.54 Å². The maximum Gasteiger partial charge on any atom is 0.223 e. The Bertz CT molecular complexity index is 758. The van der Waals surface area contributed by atoms with E-state index in [0.29, 0.717) is 6.54 Å². The lowest BCUT2D eigenvalue weighted by Crippen LogP contribution is -2.34. The Morgan fingerprint density at radius 2 is 2.15 bits per heavy atom. The van der Waals surface area contributed by atoms with Crippen LogP contribution in [0.25, 0.3) is 0 Å². The summed E-state index contributed by atoms with van der Waals surface area (Å²) < 4.78 is 4.27. The molecule has 140 valence electrons. The van der Waals surface area contributed by atoms with Crippen molar-refractivity contribution in [1.29, 1.82) is 0 Å². The van der Waals surface area contributed by atoms with Crippen LogP contribution in [0.3, 0.4) is 0 Å². The van der Waals surface area contributed by atoms with Gasteiger partial charge in [0.2, 0.25) is 5.91 Å². The number of hydrogen-bond acceptors (Lipinski definition) is 4. The molecule has 3 heterocycles. The minimum absolute atomic E-state index is 0.196. The number of fused-ring (bicyclic) bond motifs is 1. The van der Waals surface area contributed by atoms with E-state index in [0.717, 1.165) is 57.1 Å². The van der Waals surface area contributed by atoms with Crippen molar-refractivity contribution >= 4 is 5.91 Å². The fraction of sp³-hybridized carbons (Fsp3) is 0.632. The van der Waals surface area contributed by atoms with E-state index in [-0.39, 0.29) is 11.8 Å². The van der Waals surface area contributed by atoms with Gasteiger partial charge in [0.15, 0.2) is 0 Å². The molecule has 7 heteroatoms. The number of carbonyl (C=O) groups excluding carboxylic acids is 1. The molecule has 26 heavy (non-hydrogen) atoms. The molecule has 0 saturated heterocycles. The van der Waals surface area contributed by atoms with Crippen LogP contribution in [0, 0.1) is 5.92 Å². The summed E-state index contributed by atoms with van der Waals surface area (Å²) in [5.41, 5.74) is 2.18. The van der Waals surface area contributed by atoms with E-state index in [2.05, 4.69) is 42.5 Å². The number of carbonyl (C=O) groups is 1. The van der Waals surface area contributed by atoms with E-state index in [1.54, 1.807) is 0 Å². The minimum atomic E-state index is 0.196. The van der Waals surface area contributed by atoms with Crippen LogP contribution >= 0.6 is 0 Å². The van der Waals surface area contributed by atoms with Crippen molar-refractivity contribution in [3.05, 3.63) is 35.7 Å². The van der Waals surface area contributed by atoms with Crippen LogP contribution < -0.4 is 5.32 Å². The van der Waals surface area contributed by atoms with E-state index < -0.39 is 0 Å². The third-order valence-corrected chi connectivity index (χ3v) is 5.60. The second kappa shape index (κ2) is 7.61. The van der Waals surface area contributed by atoms with Gasteiger partial charge in [-0.3, -0.25) is 14.4 Å². The molecule has 2 aromatic heterocycles. The van der Waals surface area contributed by atoms with Gasteiger partial charge < -0.3 is 9.88 Å². The summed E-state index contributed by atoms with van der Waals surface area (Å²) in [6.07, 6.45) is 8.35. The highest BCUT2D eigenvalue weighted by molar-refractivity contribution is 5.78. The topological polar surface area (TPSA) is 68.0 Å². The summed E-state index contributed by atoms with van der Waals surface area (Å²) in [5, 5.41) is 7.74. The van der Waals surface area contributed by atoms with Crippen molar-refractivity contribution in [2.45, 2.75) is 65.3 Å². The zero-order valence-electron chi connectivity index (χ0n) is 15.5. The number of aromatic nitrogens is 4. The average molecular weight is 356 g/mol. The molecule has 1 amide bonds. The molecular formula is C19H28N6O. The van der Waals surface area contributed by atoms with Gasteiger partial charge in [0.25, 0.3) is 0 Å². The summed E-state index contributed by atoms with van der Waals surface area (Å²) in [6, 6.07) is 2.13. The van der Waals surface area contributed by atoms with Gasteiger partial charge in [-0.1, -0.05) is 12.8 Å². The predicted octanol–water partition coefficient (Wildman–Crippen LogP) is 1.92. The highest BCUT2D eigenvalue weighted by Crippen LogP contribution is 2.24. The van der Waals surface area contributed by atoms with Gasteiger partial charge >= 0.3 is 0 Å². The first-order chi connectivity index (χ1) is 12.7. The molecule has 1 aliphatic heterocycles. The van der Waals surface area contributed by atoms with E-state index in [4.69, 9.17) is 0 Å². The predicted molar refractivity (Wildman–Crippen MR) is 98.0 cm³/mol.